The van der Waals surface area contributed by atoms with Crippen molar-refractivity contribution in [1.82, 2.24) is 5.32 Å². The van der Waals surface area contributed by atoms with E-state index >= 15 is 0 Å². The van der Waals surface area contributed by atoms with Crippen LogP contribution in [0.5, 0.6) is 0 Å². The molecule has 1 atom stereocenters. The minimum atomic E-state index is -4.30. The van der Waals surface area contributed by atoms with Crippen molar-refractivity contribution < 1.29 is 18.0 Å². The smallest absolute Gasteiger partial charge is 0.355 e. The first-order valence-electron chi connectivity index (χ1n) is 5.88. The number of alkyl halides is 3. The van der Waals surface area contributed by atoms with Gasteiger partial charge in [-0.3, -0.25) is 4.79 Å². The lowest BCUT2D eigenvalue weighted by atomic mass is 9.81. The van der Waals surface area contributed by atoms with Crippen LogP contribution in [-0.4, -0.2) is 12.5 Å². The molecule has 1 aliphatic heterocycles. The zero-order valence-corrected chi connectivity index (χ0v) is 9.60. The standard InChI is InChI=1S/C13H12F3NO/c14-13(15,16)9-1-2-10-8(5-9)3-4-12(10)6-11(18)17-7-12/h1-2,5H,3-4,6-7H2,(H,17,18). The lowest BCUT2D eigenvalue weighted by Crippen LogP contribution is -2.25. The molecule has 2 nitrogen and oxygen atoms in total. The van der Waals surface area contributed by atoms with Crippen molar-refractivity contribution in [2.45, 2.75) is 30.9 Å². The lowest BCUT2D eigenvalue weighted by molar-refractivity contribution is -0.137. The van der Waals surface area contributed by atoms with Crippen molar-refractivity contribution in [1.29, 1.82) is 0 Å². The lowest BCUT2D eigenvalue weighted by Gasteiger charge is -2.22. The molecule has 1 aromatic rings. The second-order valence-electron chi connectivity index (χ2n) is 5.10. The molecule has 1 heterocycles. The van der Waals surface area contributed by atoms with Gasteiger partial charge in [-0.05, 0) is 36.1 Å². The molecule has 5 heteroatoms. The van der Waals surface area contributed by atoms with Crippen molar-refractivity contribution in [3.8, 4) is 0 Å². The van der Waals surface area contributed by atoms with Crippen LogP contribution < -0.4 is 5.32 Å². The number of aryl methyl sites for hydroxylation is 1. The predicted octanol–water partition coefficient (Wildman–Crippen LogP) is 2.41. The van der Waals surface area contributed by atoms with Crippen LogP contribution in [0.1, 0.15) is 29.5 Å². The number of rotatable bonds is 0. The summed E-state index contributed by atoms with van der Waals surface area (Å²) in [5, 5.41) is 2.78. The molecule has 1 spiro atoms. The highest BCUT2D eigenvalue weighted by Crippen LogP contribution is 2.45. The highest BCUT2D eigenvalue weighted by Gasteiger charge is 2.45. The number of amides is 1. The normalized spacial score (nSPS) is 26.5. The molecule has 1 amide bonds. The number of benzene rings is 1. The molecule has 96 valence electrons. The summed E-state index contributed by atoms with van der Waals surface area (Å²) in [6, 6.07) is 3.90. The average molecular weight is 255 g/mol. The summed E-state index contributed by atoms with van der Waals surface area (Å²) >= 11 is 0. The fourth-order valence-corrected chi connectivity index (χ4v) is 3.07. The van der Waals surface area contributed by atoms with Crippen molar-refractivity contribution in [2.75, 3.05) is 6.54 Å². The highest BCUT2D eigenvalue weighted by atomic mass is 19.4. The van der Waals surface area contributed by atoms with Crippen LogP contribution >= 0.6 is 0 Å². The summed E-state index contributed by atoms with van der Waals surface area (Å²) in [7, 11) is 0. The topological polar surface area (TPSA) is 29.1 Å². The van der Waals surface area contributed by atoms with Gasteiger partial charge in [-0.2, -0.15) is 13.2 Å². The van der Waals surface area contributed by atoms with Gasteiger partial charge in [0.15, 0.2) is 0 Å². The Bertz CT molecular complexity index is 523. The molecule has 1 saturated heterocycles. The van der Waals surface area contributed by atoms with Gasteiger partial charge in [0, 0.05) is 18.4 Å². The van der Waals surface area contributed by atoms with Crippen LogP contribution in [0.3, 0.4) is 0 Å². The van der Waals surface area contributed by atoms with Crippen LogP contribution in [0.25, 0.3) is 0 Å². The van der Waals surface area contributed by atoms with Gasteiger partial charge in [-0.25, -0.2) is 0 Å². The molecule has 0 radical (unpaired) electrons. The Kier molecular flexibility index (Phi) is 2.24. The zero-order valence-electron chi connectivity index (χ0n) is 9.60. The van der Waals surface area contributed by atoms with Crippen LogP contribution in [0, 0.1) is 0 Å². The zero-order chi connectivity index (χ0) is 13.0. The minimum Gasteiger partial charge on any atom is -0.355 e. The maximum Gasteiger partial charge on any atom is 0.416 e. The molecule has 0 saturated carbocycles. The van der Waals surface area contributed by atoms with Crippen LogP contribution in [0.4, 0.5) is 13.2 Å². The molecule has 0 aromatic heterocycles. The minimum absolute atomic E-state index is 0.0113. The number of hydrogen-bond donors (Lipinski definition) is 1. The fraction of sp³-hybridized carbons (Fsp3) is 0.462. The molecular formula is C13H12F3NO. The van der Waals surface area contributed by atoms with Crippen molar-refractivity contribution in [2.24, 2.45) is 0 Å². The first-order valence-corrected chi connectivity index (χ1v) is 5.88. The van der Waals surface area contributed by atoms with E-state index in [-0.39, 0.29) is 11.3 Å². The van der Waals surface area contributed by atoms with E-state index in [1.54, 1.807) is 6.07 Å². The van der Waals surface area contributed by atoms with Gasteiger partial charge >= 0.3 is 6.18 Å². The molecule has 3 rings (SSSR count). The number of nitrogens with one attached hydrogen (secondary N) is 1. The highest BCUT2D eigenvalue weighted by molar-refractivity contribution is 5.81. The third-order valence-electron chi connectivity index (χ3n) is 4.00. The average Bonchev–Trinajstić information content (AvgIpc) is 2.84. The van der Waals surface area contributed by atoms with E-state index in [1.165, 1.54) is 6.07 Å². The van der Waals surface area contributed by atoms with Crippen LogP contribution in [0.2, 0.25) is 0 Å². The number of hydrogen-bond acceptors (Lipinski definition) is 1. The van der Waals surface area contributed by atoms with Crippen LogP contribution in [0.15, 0.2) is 18.2 Å². The van der Waals surface area contributed by atoms with Gasteiger partial charge < -0.3 is 5.32 Å². The Morgan fingerprint density at radius 3 is 2.67 bits per heavy atom. The number of halogens is 3. The molecule has 1 unspecified atom stereocenters. The Morgan fingerprint density at radius 2 is 2.06 bits per heavy atom. The van der Waals surface area contributed by atoms with Crippen molar-refractivity contribution in [3.05, 3.63) is 34.9 Å². The Labute approximate surface area is 102 Å². The second-order valence-corrected chi connectivity index (χ2v) is 5.10. The van der Waals surface area contributed by atoms with E-state index in [2.05, 4.69) is 5.32 Å². The number of carbonyl (C=O) groups excluding carboxylic acids is 1. The monoisotopic (exact) mass is 255 g/mol. The third kappa shape index (κ3) is 1.61. The first-order chi connectivity index (χ1) is 8.41. The quantitative estimate of drug-likeness (QED) is 0.757. The summed E-state index contributed by atoms with van der Waals surface area (Å²) in [5.41, 5.74) is 0.780. The van der Waals surface area contributed by atoms with Gasteiger partial charge in [-0.15, -0.1) is 0 Å². The predicted molar refractivity (Wildman–Crippen MR) is 59.1 cm³/mol. The fourth-order valence-electron chi connectivity index (χ4n) is 3.07. The van der Waals surface area contributed by atoms with Gasteiger partial charge in [-0.1, -0.05) is 6.07 Å². The van der Waals surface area contributed by atoms with Crippen molar-refractivity contribution >= 4 is 5.91 Å². The van der Waals surface area contributed by atoms with E-state index in [4.69, 9.17) is 0 Å². The Morgan fingerprint density at radius 1 is 1.28 bits per heavy atom. The first kappa shape index (κ1) is 11.6. The van der Waals surface area contributed by atoms with E-state index in [0.29, 0.717) is 19.4 Å². The Hall–Kier alpha value is -1.52. The third-order valence-corrected chi connectivity index (χ3v) is 4.00. The summed E-state index contributed by atoms with van der Waals surface area (Å²) in [6.07, 6.45) is -2.53. The largest absolute Gasteiger partial charge is 0.416 e. The van der Waals surface area contributed by atoms with E-state index in [0.717, 1.165) is 23.6 Å². The second kappa shape index (κ2) is 3.49. The molecule has 1 N–H and O–H groups in total. The van der Waals surface area contributed by atoms with Gasteiger partial charge in [0.2, 0.25) is 5.91 Å². The Balaban J connectivity index is 2.02. The van der Waals surface area contributed by atoms with E-state index in [1.807, 2.05) is 0 Å². The SMILES string of the molecule is O=C1CC2(CCc3cc(C(F)(F)F)ccc32)CN1. The summed E-state index contributed by atoms with van der Waals surface area (Å²) < 4.78 is 37.9. The van der Waals surface area contributed by atoms with Gasteiger partial charge in [0.05, 0.1) is 5.56 Å². The molecule has 2 aliphatic rings. The summed E-state index contributed by atoms with van der Waals surface area (Å²) in [4.78, 5) is 11.3. The maximum absolute atomic E-state index is 12.6. The number of carbonyl (C=O) groups is 1. The molecular weight excluding hydrogens is 243 g/mol. The van der Waals surface area contributed by atoms with Crippen LogP contribution in [-0.2, 0) is 22.8 Å². The van der Waals surface area contributed by atoms with Gasteiger partial charge in [0.1, 0.15) is 0 Å². The van der Waals surface area contributed by atoms with Crippen molar-refractivity contribution in [3.63, 3.8) is 0 Å². The van der Waals surface area contributed by atoms with Gasteiger partial charge in [0.25, 0.3) is 0 Å². The summed E-state index contributed by atoms with van der Waals surface area (Å²) in [6.45, 7) is 0.546. The van der Waals surface area contributed by atoms with E-state index < -0.39 is 11.7 Å². The molecule has 1 aromatic carbocycles. The molecule has 1 fully saturated rings. The molecule has 1 aliphatic carbocycles. The maximum atomic E-state index is 12.6. The van der Waals surface area contributed by atoms with E-state index in [9.17, 15) is 18.0 Å². The number of fused-ring (bicyclic) bond motifs is 2. The summed E-state index contributed by atoms with van der Waals surface area (Å²) in [5.74, 6) is -0.0113. The molecule has 0 bridgehead atoms. The molecule has 18 heavy (non-hydrogen) atoms.